The molecule has 0 bridgehead atoms. The van der Waals surface area contributed by atoms with Crippen molar-refractivity contribution in [2.75, 3.05) is 6.54 Å². The first-order valence-corrected chi connectivity index (χ1v) is 8.74. The summed E-state index contributed by atoms with van der Waals surface area (Å²) < 4.78 is 27.2. The van der Waals surface area contributed by atoms with E-state index in [2.05, 4.69) is 0 Å². The molecule has 5 heteroatoms. The lowest BCUT2D eigenvalue weighted by molar-refractivity contribution is 0.397. The van der Waals surface area contributed by atoms with Crippen molar-refractivity contribution < 1.29 is 8.42 Å². The molecule has 1 aliphatic heterocycles. The highest BCUT2D eigenvalue weighted by atomic mass is 35.5. The SMILES string of the molecule is O=S(=O)(c1ccccc1)N1CCC[C@H]1c1ccccc1Cl. The lowest BCUT2D eigenvalue weighted by Crippen LogP contribution is -2.30. The predicted molar refractivity (Wildman–Crippen MR) is 83.8 cm³/mol. The van der Waals surface area contributed by atoms with Crippen LogP contribution in [0.1, 0.15) is 24.4 Å². The zero-order valence-electron chi connectivity index (χ0n) is 11.4. The Kier molecular flexibility index (Phi) is 4.02. The van der Waals surface area contributed by atoms with Crippen molar-refractivity contribution in [3.05, 3.63) is 65.2 Å². The van der Waals surface area contributed by atoms with Crippen molar-refractivity contribution >= 4 is 21.6 Å². The Balaban J connectivity index is 2.00. The monoisotopic (exact) mass is 321 g/mol. The molecule has 2 aromatic rings. The normalized spacial score (nSPS) is 19.8. The molecular weight excluding hydrogens is 306 g/mol. The third kappa shape index (κ3) is 2.71. The largest absolute Gasteiger partial charge is 0.243 e. The minimum atomic E-state index is -3.48. The second kappa shape index (κ2) is 5.79. The third-order valence-electron chi connectivity index (χ3n) is 3.82. The fourth-order valence-corrected chi connectivity index (χ4v) is 4.77. The van der Waals surface area contributed by atoms with Gasteiger partial charge in [-0.3, -0.25) is 0 Å². The Bertz CT molecular complexity index is 731. The fourth-order valence-electron chi connectivity index (χ4n) is 2.81. The highest BCUT2D eigenvalue weighted by molar-refractivity contribution is 7.89. The molecule has 0 amide bonds. The van der Waals surface area contributed by atoms with E-state index in [9.17, 15) is 8.42 Å². The molecule has 0 unspecified atom stereocenters. The van der Waals surface area contributed by atoms with E-state index in [1.54, 1.807) is 28.6 Å². The maximum absolute atomic E-state index is 12.8. The molecule has 1 aliphatic rings. The van der Waals surface area contributed by atoms with Gasteiger partial charge >= 0.3 is 0 Å². The summed E-state index contributed by atoms with van der Waals surface area (Å²) in [6, 6.07) is 15.9. The number of hydrogen-bond donors (Lipinski definition) is 0. The van der Waals surface area contributed by atoms with Gasteiger partial charge in [0.05, 0.1) is 10.9 Å². The molecule has 0 aromatic heterocycles. The van der Waals surface area contributed by atoms with Crippen LogP contribution in [0, 0.1) is 0 Å². The fraction of sp³-hybridized carbons (Fsp3) is 0.250. The zero-order valence-corrected chi connectivity index (χ0v) is 13.0. The quantitative estimate of drug-likeness (QED) is 0.860. The molecule has 21 heavy (non-hydrogen) atoms. The minimum Gasteiger partial charge on any atom is -0.207 e. The topological polar surface area (TPSA) is 37.4 Å². The summed E-state index contributed by atoms with van der Waals surface area (Å²) in [6.07, 6.45) is 1.65. The smallest absolute Gasteiger partial charge is 0.207 e. The lowest BCUT2D eigenvalue weighted by Gasteiger charge is -2.25. The number of hydrogen-bond acceptors (Lipinski definition) is 2. The molecule has 0 aliphatic carbocycles. The highest BCUT2D eigenvalue weighted by Crippen LogP contribution is 2.39. The Morgan fingerprint density at radius 1 is 1.00 bits per heavy atom. The van der Waals surface area contributed by atoms with Crippen LogP contribution in [0.15, 0.2) is 59.5 Å². The Morgan fingerprint density at radius 3 is 2.38 bits per heavy atom. The molecule has 0 spiro atoms. The van der Waals surface area contributed by atoms with Gasteiger partial charge in [0.1, 0.15) is 0 Å². The molecule has 110 valence electrons. The van der Waals surface area contributed by atoms with Crippen LogP contribution in [0.2, 0.25) is 5.02 Å². The number of halogens is 1. The summed E-state index contributed by atoms with van der Waals surface area (Å²) in [5.41, 5.74) is 0.885. The van der Waals surface area contributed by atoms with Gasteiger partial charge in [-0.1, -0.05) is 48.0 Å². The maximum Gasteiger partial charge on any atom is 0.243 e. The van der Waals surface area contributed by atoms with Crippen molar-refractivity contribution in [2.45, 2.75) is 23.8 Å². The first-order valence-electron chi connectivity index (χ1n) is 6.92. The van der Waals surface area contributed by atoms with Crippen LogP contribution in [-0.4, -0.2) is 19.3 Å². The Labute approximate surface area is 130 Å². The number of benzene rings is 2. The molecule has 2 aromatic carbocycles. The molecular formula is C16H16ClNO2S. The van der Waals surface area contributed by atoms with Crippen molar-refractivity contribution in [1.82, 2.24) is 4.31 Å². The van der Waals surface area contributed by atoms with Gasteiger partial charge in [0.2, 0.25) is 10.0 Å². The maximum atomic E-state index is 12.8. The van der Waals surface area contributed by atoms with Crippen LogP contribution in [0.3, 0.4) is 0 Å². The van der Waals surface area contributed by atoms with Gasteiger partial charge in [-0.25, -0.2) is 8.42 Å². The van der Waals surface area contributed by atoms with Crippen molar-refractivity contribution in [3.63, 3.8) is 0 Å². The van der Waals surface area contributed by atoms with E-state index in [1.807, 2.05) is 30.3 Å². The average molecular weight is 322 g/mol. The summed E-state index contributed by atoms with van der Waals surface area (Å²) in [5.74, 6) is 0. The zero-order chi connectivity index (χ0) is 14.9. The first kappa shape index (κ1) is 14.6. The van der Waals surface area contributed by atoms with E-state index in [1.165, 1.54) is 0 Å². The summed E-state index contributed by atoms with van der Waals surface area (Å²) in [5, 5.41) is 0.623. The van der Waals surface area contributed by atoms with Gasteiger partial charge < -0.3 is 0 Å². The van der Waals surface area contributed by atoms with Gasteiger partial charge in [0, 0.05) is 11.6 Å². The van der Waals surface area contributed by atoms with Crippen molar-refractivity contribution in [2.24, 2.45) is 0 Å². The summed E-state index contributed by atoms with van der Waals surface area (Å²) in [4.78, 5) is 0.337. The van der Waals surface area contributed by atoms with Crippen LogP contribution in [0.4, 0.5) is 0 Å². The van der Waals surface area contributed by atoms with Gasteiger partial charge in [-0.15, -0.1) is 0 Å². The number of nitrogens with zero attached hydrogens (tertiary/aromatic N) is 1. The predicted octanol–water partition coefficient (Wildman–Crippen LogP) is 3.87. The standard InChI is InChI=1S/C16H16ClNO2S/c17-15-10-5-4-9-14(15)16-11-6-12-18(16)21(19,20)13-7-2-1-3-8-13/h1-5,7-10,16H,6,11-12H2/t16-/m0/s1. The van der Waals surface area contributed by atoms with E-state index in [0.29, 0.717) is 16.5 Å². The van der Waals surface area contributed by atoms with Gasteiger partial charge in [0.25, 0.3) is 0 Å². The molecule has 0 N–H and O–H groups in total. The second-order valence-electron chi connectivity index (χ2n) is 5.11. The highest BCUT2D eigenvalue weighted by Gasteiger charge is 2.36. The average Bonchev–Trinajstić information content (AvgIpc) is 2.99. The molecule has 1 heterocycles. The van der Waals surface area contributed by atoms with E-state index in [4.69, 9.17) is 11.6 Å². The Hall–Kier alpha value is -1.36. The van der Waals surface area contributed by atoms with E-state index in [0.717, 1.165) is 18.4 Å². The van der Waals surface area contributed by atoms with Crippen LogP contribution < -0.4 is 0 Å². The molecule has 1 atom stereocenters. The van der Waals surface area contributed by atoms with E-state index >= 15 is 0 Å². The Morgan fingerprint density at radius 2 is 1.67 bits per heavy atom. The molecule has 3 rings (SSSR count). The molecule has 0 radical (unpaired) electrons. The van der Waals surface area contributed by atoms with Crippen LogP contribution in [0.25, 0.3) is 0 Å². The third-order valence-corrected chi connectivity index (χ3v) is 6.08. The van der Waals surface area contributed by atoms with Crippen LogP contribution in [-0.2, 0) is 10.0 Å². The lowest BCUT2D eigenvalue weighted by atomic mass is 10.1. The van der Waals surface area contributed by atoms with Crippen molar-refractivity contribution in [1.29, 1.82) is 0 Å². The summed E-state index contributed by atoms with van der Waals surface area (Å²) >= 11 is 6.24. The summed E-state index contributed by atoms with van der Waals surface area (Å²) in [6.45, 7) is 0.535. The molecule has 3 nitrogen and oxygen atoms in total. The summed E-state index contributed by atoms with van der Waals surface area (Å²) in [7, 11) is -3.48. The molecule has 0 saturated carbocycles. The molecule has 1 saturated heterocycles. The van der Waals surface area contributed by atoms with Crippen molar-refractivity contribution in [3.8, 4) is 0 Å². The van der Waals surface area contributed by atoms with Gasteiger partial charge in [-0.2, -0.15) is 4.31 Å². The van der Waals surface area contributed by atoms with E-state index < -0.39 is 10.0 Å². The van der Waals surface area contributed by atoms with Crippen LogP contribution >= 0.6 is 11.6 Å². The second-order valence-corrected chi connectivity index (χ2v) is 7.41. The van der Waals surface area contributed by atoms with Gasteiger partial charge in [0.15, 0.2) is 0 Å². The van der Waals surface area contributed by atoms with Gasteiger partial charge in [-0.05, 0) is 36.6 Å². The van der Waals surface area contributed by atoms with E-state index in [-0.39, 0.29) is 6.04 Å². The number of sulfonamides is 1. The first-order chi connectivity index (χ1) is 10.1. The number of rotatable bonds is 3. The van der Waals surface area contributed by atoms with Crippen LogP contribution in [0.5, 0.6) is 0 Å². The molecule has 1 fully saturated rings. The minimum absolute atomic E-state index is 0.177.